The molecule has 0 aliphatic rings. The van der Waals surface area contributed by atoms with Crippen molar-refractivity contribution in [2.24, 2.45) is 5.73 Å². The number of rotatable bonds is 7. The van der Waals surface area contributed by atoms with Gasteiger partial charge in [-0.05, 0) is 26.8 Å². The van der Waals surface area contributed by atoms with Gasteiger partial charge in [0.2, 0.25) is 0 Å². The highest BCUT2D eigenvalue weighted by Crippen LogP contribution is 2.13. The van der Waals surface area contributed by atoms with E-state index in [4.69, 9.17) is 5.73 Å². The summed E-state index contributed by atoms with van der Waals surface area (Å²) in [5, 5.41) is 7.70. The Balaban J connectivity index is 2.59. The Morgan fingerprint density at radius 2 is 2.38 bits per heavy atom. The van der Waals surface area contributed by atoms with Gasteiger partial charge in [0.1, 0.15) is 0 Å². The van der Waals surface area contributed by atoms with Crippen molar-refractivity contribution < 1.29 is 0 Å². The fourth-order valence-electron chi connectivity index (χ4n) is 1.51. The standard InChI is InChI=1S/C12H22N4/c1-4-5-6-14-12(7-13)11-8-15-16(9-11)10(2)3/h4,8-10,12,14H,1,5-7,13H2,2-3H3. The average molecular weight is 222 g/mol. The summed E-state index contributed by atoms with van der Waals surface area (Å²) in [7, 11) is 0. The molecule has 0 aromatic carbocycles. The van der Waals surface area contributed by atoms with Gasteiger partial charge in [0.25, 0.3) is 0 Å². The van der Waals surface area contributed by atoms with Gasteiger partial charge in [-0.3, -0.25) is 4.68 Å². The van der Waals surface area contributed by atoms with Crippen LogP contribution in [0.25, 0.3) is 0 Å². The van der Waals surface area contributed by atoms with Crippen molar-refractivity contribution in [3.05, 3.63) is 30.6 Å². The van der Waals surface area contributed by atoms with Crippen LogP contribution >= 0.6 is 0 Å². The number of aromatic nitrogens is 2. The van der Waals surface area contributed by atoms with E-state index in [1.165, 1.54) is 0 Å². The number of hydrogen-bond donors (Lipinski definition) is 2. The zero-order valence-corrected chi connectivity index (χ0v) is 10.2. The van der Waals surface area contributed by atoms with Crippen LogP contribution in [0, 0.1) is 0 Å². The first kappa shape index (κ1) is 12.9. The number of nitrogens with zero attached hydrogens (tertiary/aromatic N) is 2. The molecule has 16 heavy (non-hydrogen) atoms. The molecule has 1 aromatic rings. The third-order valence-corrected chi connectivity index (χ3v) is 2.53. The van der Waals surface area contributed by atoms with Crippen molar-refractivity contribution in [3.8, 4) is 0 Å². The third-order valence-electron chi connectivity index (χ3n) is 2.53. The van der Waals surface area contributed by atoms with Crippen LogP contribution in [0.5, 0.6) is 0 Å². The fourth-order valence-corrected chi connectivity index (χ4v) is 1.51. The van der Waals surface area contributed by atoms with Crippen LogP contribution in [0.4, 0.5) is 0 Å². The second-order valence-corrected chi connectivity index (χ2v) is 4.17. The molecule has 4 heteroatoms. The van der Waals surface area contributed by atoms with Crippen molar-refractivity contribution in [1.29, 1.82) is 0 Å². The minimum absolute atomic E-state index is 0.187. The molecule has 0 aliphatic heterocycles. The van der Waals surface area contributed by atoms with E-state index in [1.807, 2.05) is 17.0 Å². The second-order valence-electron chi connectivity index (χ2n) is 4.17. The number of nitrogens with one attached hydrogen (secondary N) is 1. The summed E-state index contributed by atoms with van der Waals surface area (Å²) in [4.78, 5) is 0. The summed E-state index contributed by atoms with van der Waals surface area (Å²) in [6.07, 6.45) is 6.80. The molecule has 4 nitrogen and oxygen atoms in total. The molecule has 1 heterocycles. The zero-order chi connectivity index (χ0) is 12.0. The highest BCUT2D eigenvalue weighted by atomic mass is 15.3. The molecular weight excluding hydrogens is 200 g/mol. The van der Waals surface area contributed by atoms with Crippen LogP contribution < -0.4 is 11.1 Å². The van der Waals surface area contributed by atoms with Crippen LogP contribution in [0.15, 0.2) is 25.0 Å². The molecule has 0 spiro atoms. The molecule has 0 amide bonds. The van der Waals surface area contributed by atoms with Crippen LogP contribution in [0.1, 0.15) is 37.9 Å². The van der Waals surface area contributed by atoms with Crippen molar-refractivity contribution >= 4 is 0 Å². The van der Waals surface area contributed by atoms with Crippen LogP contribution in [-0.4, -0.2) is 22.9 Å². The smallest absolute Gasteiger partial charge is 0.0538 e. The first-order valence-corrected chi connectivity index (χ1v) is 5.77. The van der Waals surface area contributed by atoms with E-state index in [0.717, 1.165) is 18.5 Å². The lowest BCUT2D eigenvalue weighted by molar-refractivity contribution is 0.525. The fraction of sp³-hybridized carbons (Fsp3) is 0.583. The van der Waals surface area contributed by atoms with E-state index >= 15 is 0 Å². The maximum Gasteiger partial charge on any atom is 0.0538 e. The highest BCUT2D eigenvalue weighted by Gasteiger charge is 2.11. The quantitative estimate of drug-likeness (QED) is 0.544. The topological polar surface area (TPSA) is 55.9 Å². The van der Waals surface area contributed by atoms with Gasteiger partial charge < -0.3 is 11.1 Å². The molecule has 1 aromatic heterocycles. The van der Waals surface area contributed by atoms with Gasteiger partial charge in [-0.2, -0.15) is 5.10 Å². The van der Waals surface area contributed by atoms with Gasteiger partial charge >= 0.3 is 0 Å². The first-order valence-electron chi connectivity index (χ1n) is 5.77. The van der Waals surface area contributed by atoms with E-state index in [2.05, 4.69) is 37.0 Å². The number of hydrogen-bond acceptors (Lipinski definition) is 3. The maximum atomic E-state index is 5.75. The maximum absolute atomic E-state index is 5.75. The summed E-state index contributed by atoms with van der Waals surface area (Å²) in [6, 6.07) is 0.577. The molecule has 0 saturated carbocycles. The Bertz CT molecular complexity index is 317. The average Bonchev–Trinajstić information content (AvgIpc) is 2.74. The lowest BCUT2D eigenvalue weighted by Gasteiger charge is -2.14. The van der Waals surface area contributed by atoms with Gasteiger partial charge in [-0.15, -0.1) is 6.58 Å². The SMILES string of the molecule is C=CCCNC(CN)c1cnn(C(C)C)c1. The Morgan fingerprint density at radius 1 is 1.62 bits per heavy atom. The summed E-state index contributed by atoms with van der Waals surface area (Å²) in [5.74, 6) is 0. The Hall–Kier alpha value is -1.13. The van der Waals surface area contributed by atoms with Gasteiger partial charge in [-0.25, -0.2) is 0 Å². The largest absolute Gasteiger partial charge is 0.329 e. The molecule has 0 radical (unpaired) electrons. The molecule has 0 fully saturated rings. The molecule has 1 unspecified atom stereocenters. The number of nitrogens with two attached hydrogens (primary N) is 1. The highest BCUT2D eigenvalue weighted by molar-refractivity contribution is 5.11. The Kier molecular flexibility index (Phi) is 5.22. The first-order chi connectivity index (χ1) is 7.69. The van der Waals surface area contributed by atoms with Gasteiger partial charge in [0.15, 0.2) is 0 Å². The van der Waals surface area contributed by atoms with Crippen molar-refractivity contribution in [1.82, 2.24) is 15.1 Å². The lowest BCUT2D eigenvalue weighted by Crippen LogP contribution is -2.28. The predicted octanol–water partition coefficient (Wildman–Crippen LogP) is 1.63. The van der Waals surface area contributed by atoms with Gasteiger partial charge in [0.05, 0.1) is 6.20 Å². The van der Waals surface area contributed by atoms with E-state index in [9.17, 15) is 0 Å². The molecule has 90 valence electrons. The summed E-state index contributed by atoms with van der Waals surface area (Å²) in [6.45, 7) is 9.40. The van der Waals surface area contributed by atoms with Gasteiger partial charge in [-0.1, -0.05) is 6.08 Å². The molecule has 0 aliphatic carbocycles. The Morgan fingerprint density at radius 3 is 2.88 bits per heavy atom. The minimum atomic E-state index is 0.187. The predicted molar refractivity (Wildman–Crippen MR) is 67.2 cm³/mol. The molecular formula is C12H22N4. The van der Waals surface area contributed by atoms with Crippen molar-refractivity contribution in [2.75, 3.05) is 13.1 Å². The van der Waals surface area contributed by atoms with E-state index < -0.39 is 0 Å². The van der Waals surface area contributed by atoms with Crippen LogP contribution in [-0.2, 0) is 0 Å². The van der Waals surface area contributed by atoms with E-state index in [0.29, 0.717) is 12.6 Å². The second kappa shape index (κ2) is 6.45. The zero-order valence-electron chi connectivity index (χ0n) is 10.2. The summed E-state index contributed by atoms with van der Waals surface area (Å²) in [5.41, 5.74) is 6.90. The van der Waals surface area contributed by atoms with Crippen LogP contribution in [0.3, 0.4) is 0 Å². The van der Waals surface area contributed by atoms with E-state index in [1.54, 1.807) is 0 Å². The lowest BCUT2D eigenvalue weighted by atomic mass is 10.1. The molecule has 1 atom stereocenters. The normalized spacial score (nSPS) is 13.0. The molecule has 0 saturated heterocycles. The van der Waals surface area contributed by atoms with Gasteiger partial charge in [0, 0.05) is 30.4 Å². The minimum Gasteiger partial charge on any atom is -0.329 e. The van der Waals surface area contributed by atoms with Crippen molar-refractivity contribution in [3.63, 3.8) is 0 Å². The monoisotopic (exact) mass is 222 g/mol. The Labute approximate surface area is 97.5 Å². The molecule has 3 N–H and O–H groups in total. The van der Waals surface area contributed by atoms with E-state index in [-0.39, 0.29) is 6.04 Å². The van der Waals surface area contributed by atoms with Crippen molar-refractivity contribution in [2.45, 2.75) is 32.4 Å². The molecule has 0 bridgehead atoms. The van der Waals surface area contributed by atoms with Crippen LogP contribution in [0.2, 0.25) is 0 Å². The summed E-state index contributed by atoms with van der Waals surface area (Å²) < 4.78 is 1.95. The molecule has 1 rings (SSSR count). The summed E-state index contributed by atoms with van der Waals surface area (Å²) >= 11 is 0. The third kappa shape index (κ3) is 3.47.